The molecule has 2 aliphatic heterocycles. The van der Waals surface area contributed by atoms with Crippen LogP contribution in [0.1, 0.15) is 35.2 Å². The Kier molecular flexibility index (Phi) is 8.03. The molecule has 0 aliphatic carbocycles. The molecular weight excluding hydrogens is 526 g/mol. The van der Waals surface area contributed by atoms with Gasteiger partial charge in [-0.05, 0) is 44.0 Å². The molecule has 220 valence electrons. The summed E-state index contributed by atoms with van der Waals surface area (Å²) in [5, 5.41) is 9.85. The highest BCUT2D eigenvalue weighted by molar-refractivity contribution is 5.88. The third-order valence-corrected chi connectivity index (χ3v) is 8.89. The molecule has 42 heavy (non-hydrogen) atoms. The third kappa shape index (κ3) is 5.08. The van der Waals surface area contributed by atoms with Crippen molar-refractivity contribution >= 4 is 16.9 Å². The van der Waals surface area contributed by atoms with Gasteiger partial charge in [-0.2, -0.15) is 0 Å². The van der Waals surface area contributed by atoms with Crippen molar-refractivity contribution in [3.8, 4) is 0 Å². The minimum atomic E-state index is -1.16. The maximum atomic E-state index is 15.1. The van der Waals surface area contributed by atoms with Crippen molar-refractivity contribution in [1.29, 1.82) is 5.41 Å². The van der Waals surface area contributed by atoms with E-state index in [9.17, 15) is 5.41 Å². The molecule has 1 amide bonds. The summed E-state index contributed by atoms with van der Waals surface area (Å²) in [5.74, 6) is 0.0117. The van der Waals surface area contributed by atoms with Gasteiger partial charge < -0.3 is 18.9 Å². The lowest BCUT2D eigenvalue weighted by Gasteiger charge is -2.48. The van der Waals surface area contributed by atoms with Crippen LogP contribution in [-0.4, -0.2) is 77.4 Å². The summed E-state index contributed by atoms with van der Waals surface area (Å²) >= 11 is 0. The van der Waals surface area contributed by atoms with Gasteiger partial charge in [-0.3, -0.25) is 19.7 Å². The van der Waals surface area contributed by atoms with E-state index in [1.54, 1.807) is 0 Å². The van der Waals surface area contributed by atoms with Crippen LogP contribution in [0.5, 0.6) is 0 Å². The molecule has 2 fully saturated rings. The minimum absolute atomic E-state index is 0.0117. The fraction of sp³-hybridized carbons (Fsp3) is 0.412. The van der Waals surface area contributed by atoms with Crippen molar-refractivity contribution in [2.24, 2.45) is 0 Å². The zero-order valence-corrected chi connectivity index (χ0v) is 24.9. The van der Waals surface area contributed by atoms with Crippen LogP contribution in [0.4, 0.5) is 0 Å². The number of aromatic nitrogens is 2. The van der Waals surface area contributed by atoms with Gasteiger partial charge in [-0.1, -0.05) is 71.8 Å². The number of nitrogens with zero attached hydrogens (tertiary/aromatic N) is 4. The fourth-order valence-corrected chi connectivity index (χ4v) is 6.54. The summed E-state index contributed by atoms with van der Waals surface area (Å²) in [4.78, 5) is 19.4. The number of rotatable bonds is 7. The van der Waals surface area contributed by atoms with E-state index < -0.39 is 5.66 Å². The quantitative estimate of drug-likeness (QED) is 0.363. The van der Waals surface area contributed by atoms with E-state index in [2.05, 4.69) is 90.9 Å². The van der Waals surface area contributed by atoms with Crippen LogP contribution >= 0.6 is 0 Å². The Balaban J connectivity index is 1.63. The van der Waals surface area contributed by atoms with Gasteiger partial charge >= 0.3 is 0 Å². The van der Waals surface area contributed by atoms with Crippen molar-refractivity contribution in [2.45, 2.75) is 38.9 Å². The van der Waals surface area contributed by atoms with Crippen LogP contribution < -0.4 is 5.62 Å². The van der Waals surface area contributed by atoms with Crippen LogP contribution in [-0.2, 0) is 26.4 Å². The molecule has 1 N–H and O–H groups in total. The van der Waals surface area contributed by atoms with Gasteiger partial charge in [-0.15, -0.1) is 0 Å². The Bertz CT molecular complexity index is 1600. The lowest BCUT2D eigenvalue weighted by Crippen LogP contribution is -2.67. The van der Waals surface area contributed by atoms with E-state index in [1.165, 1.54) is 11.1 Å². The molecule has 0 spiro atoms. The lowest BCUT2D eigenvalue weighted by molar-refractivity contribution is -0.162. The second kappa shape index (κ2) is 11.9. The number of aryl methyl sites for hydroxylation is 2. The highest BCUT2D eigenvalue weighted by Crippen LogP contribution is 2.35. The van der Waals surface area contributed by atoms with Crippen molar-refractivity contribution in [3.63, 3.8) is 0 Å². The van der Waals surface area contributed by atoms with Gasteiger partial charge in [0.05, 0.1) is 43.5 Å². The molecular formula is C34H41N5O3. The lowest BCUT2D eigenvalue weighted by atomic mass is 9.93. The standard InChI is InChI=1S/C34H41N5O3/c1-25-8-12-28(13-9-25)24-34(37-18-22-42-23-19-37,32(40)36-16-20-41-21-17-36)39-31-7-5-4-6-30(31)38(33(39)35)27(3)29-14-10-26(2)11-15-29/h4-15,27,35H,16-24H2,1-3H3/t27?,34-/m0/s1. The van der Waals surface area contributed by atoms with Gasteiger partial charge in [0.2, 0.25) is 5.62 Å². The average molecular weight is 568 g/mol. The zero-order chi connectivity index (χ0) is 29.3. The largest absolute Gasteiger partial charge is 0.379 e. The summed E-state index contributed by atoms with van der Waals surface area (Å²) < 4.78 is 15.6. The van der Waals surface area contributed by atoms with Crippen LogP contribution in [0.25, 0.3) is 11.0 Å². The van der Waals surface area contributed by atoms with E-state index in [0.717, 1.165) is 22.2 Å². The van der Waals surface area contributed by atoms with Crippen LogP contribution in [0.2, 0.25) is 0 Å². The van der Waals surface area contributed by atoms with Crippen LogP contribution in [0.15, 0.2) is 72.8 Å². The predicted octanol–water partition coefficient (Wildman–Crippen LogP) is 4.23. The van der Waals surface area contributed by atoms with Gasteiger partial charge in [0.1, 0.15) is 0 Å². The first-order valence-corrected chi connectivity index (χ1v) is 15.0. The van der Waals surface area contributed by atoms with Crippen molar-refractivity contribution in [2.75, 3.05) is 52.6 Å². The van der Waals surface area contributed by atoms with E-state index in [-0.39, 0.29) is 11.9 Å². The number of fused-ring (bicyclic) bond motifs is 1. The molecule has 3 heterocycles. The second-order valence-electron chi connectivity index (χ2n) is 11.6. The first-order valence-electron chi connectivity index (χ1n) is 15.0. The topological polar surface area (TPSA) is 75.7 Å². The summed E-state index contributed by atoms with van der Waals surface area (Å²) in [6.07, 6.45) is 0.437. The number of para-hydroxylation sites is 2. The molecule has 2 saturated heterocycles. The van der Waals surface area contributed by atoms with E-state index in [4.69, 9.17) is 9.47 Å². The number of hydrogen-bond donors (Lipinski definition) is 1. The number of imidazole rings is 1. The monoisotopic (exact) mass is 567 g/mol. The number of carbonyl (C=O) groups excluding carboxylic acids is 1. The SMILES string of the molecule is Cc1ccc(C[C@](C(=O)N2CCOCC2)(N2CCOCC2)n2c(=N)n(C(C)c3ccc(C)cc3)c3ccccc32)cc1. The summed E-state index contributed by atoms with van der Waals surface area (Å²) in [5.41, 5.74) is 5.52. The van der Waals surface area contributed by atoms with E-state index >= 15 is 4.79 Å². The normalized spacial score (nSPS) is 18.6. The Morgan fingerprint density at radius 3 is 1.98 bits per heavy atom. The minimum Gasteiger partial charge on any atom is -0.379 e. The van der Waals surface area contributed by atoms with Crippen molar-refractivity contribution < 1.29 is 14.3 Å². The average Bonchev–Trinajstić information content (AvgIpc) is 3.33. The molecule has 8 heteroatoms. The zero-order valence-electron chi connectivity index (χ0n) is 24.9. The van der Waals surface area contributed by atoms with Gasteiger partial charge in [0.25, 0.3) is 5.91 Å². The summed E-state index contributed by atoms with van der Waals surface area (Å²) in [7, 11) is 0. The Morgan fingerprint density at radius 2 is 1.36 bits per heavy atom. The van der Waals surface area contributed by atoms with Crippen LogP contribution in [0, 0.1) is 19.3 Å². The number of benzene rings is 3. The first-order chi connectivity index (χ1) is 20.4. The number of nitrogens with one attached hydrogen (secondary N) is 1. The predicted molar refractivity (Wildman–Crippen MR) is 163 cm³/mol. The van der Waals surface area contributed by atoms with Crippen molar-refractivity contribution in [1.82, 2.24) is 18.9 Å². The molecule has 1 aromatic heterocycles. The van der Waals surface area contributed by atoms with E-state index in [1.807, 2.05) is 21.6 Å². The number of carbonyl (C=O) groups is 1. The molecule has 0 saturated carbocycles. The highest BCUT2D eigenvalue weighted by Gasteiger charge is 2.50. The summed E-state index contributed by atoms with van der Waals surface area (Å²) in [6.45, 7) is 10.7. The second-order valence-corrected chi connectivity index (χ2v) is 11.6. The van der Waals surface area contributed by atoms with Gasteiger partial charge in [0.15, 0.2) is 5.66 Å². The van der Waals surface area contributed by atoms with Crippen molar-refractivity contribution in [3.05, 3.63) is 101 Å². The smallest absolute Gasteiger partial charge is 0.264 e. The molecule has 3 aromatic carbocycles. The first kappa shape index (κ1) is 28.4. The molecule has 0 bridgehead atoms. The molecule has 2 aliphatic rings. The molecule has 8 nitrogen and oxygen atoms in total. The third-order valence-electron chi connectivity index (χ3n) is 8.89. The number of ether oxygens (including phenoxy) is 2. The molecule has 6 rings (SSSR count). The Hall–Kier alpha value is -3.72. The molecule has 4 aromatic rings. The maximum Gasteiger partial charge on any atom is 0.264 e. The number of hydrogen-bond acceptors (Lipinski definition) is 5. The fourth-order valence-electron chi connectivity index (χ4n) is 6.54. The van der Waals surface area contributed by atoms with E-state index in [0.29, 0.717) is 64.6 Å². The molecule has 0 radical (unpaired) electrons. The Morgan fingerprint density at radius 1 is 0.810 bits per heavy atom. The maximum absolute atomic E-state index is 15.1. The van der Waals surface area contributed by atoms with Crippen LogP contribution in [0.3, 0.4) is 0 Å². The number of amides is 1. The van der Waals surface area contributed by atoms with Gasteiger partial charge in [-0.25, -0.2) is 0 Å². The van der Waals surface area contributed by atoms with Gasteiger partial charge in [0, 0.05) is 32.6 Å². The molecule has 1 unspecified atom stereocenters. The number of morpholine rings is 2. The highest BCUT2D eigenvalue weighted by atomic mass is 16.5. The Labute approximate surface area is 247 Å². The summed E-state index contributed by atoms with van der Waals surface area (Å²) in [6, 6.07) is 25.0. The molecule has 2 atom stereocenters.